The maximum absolute atomic E-state index is 12.2. The average Bonchev–Trinajstić information content (AvgIpc) is 3.09. The highest BCUT2D eigenvalue weighted by Gasteiger charge is 2.15. The van der Waals surface area contributed by atoms with Gasteiger partial charge in [0, 0.05) is 27.8 Å². The molecule has 0 bridgehead atoms. The predicted molar refractivity (Wildman–Crippen MR) is 106 cm³/mol. The number of rotatable bonds is 7. The van der Waals surface area contributed by atoms with Gasteiger partial charge in [-0.15, -0.1) is 16.9 Å². The molecule has 0 saturated carbocycles. The van der Waals surface area contributed by atoms with Gasteiger partial charge in [-0.25, -0.2) is 0 Å². The van der Waals surface area contributed by atoms with Gasteiger partial charge in [0.05, 0.1) is 11.3 Å². The van der Waals surface area contributed by atoms with Crippen molar-refractivity contribution in [3.63, 3.8) is 0 Å². The van der Waals surface area contributed by atoms with E-state index in [4.69, 9.17) is 4.42 Å². The molecule has 0 aliphatic carbocycles. The van der Waals surface area contributed by atoms with Crippen molar-refractivity contribution in [1.82, 2.24) is 10.2 Å². The zero-order chi connectivity index (χ0) is 20.1. The largest absolute Gasteiger partial charge is 0.407 e. The van der Waals surface area contributed by atoms with Crippen LogP contribution in [0.4, 0.5) is 11.7 Å². The topological polar surface area (TPSA) is 111 Å². The second kappa shape index (κ2) is 8.66. The highest BCUT2D eigenvalue weighted by molar-refractivity contribution is 7.99. The van der Waals surface area contributed by atoms with E-state index in [0.29, 0.717) is 17.6 Å². The monoisotopic (exact) mass is 398 g/mol. The second-order valence-electron chi connectivity index (χ2n) is 6.25. The molecule has 1 aromatic heterocycles. The van der Waals surface area contributed by atoms with E-state index in [1.807, 2.05) is 24.3 Å². The molecule has 0 radical (unpaired) electrons. The molecular formula is C19H18N4O4S. The van der Waals surface area contributed by atoms with Crippen LogP contribution in [0.2, 0.25) is 0 Å². The molecule has 3 rings (SSSR count). The maximum Gasteiger partial charge on any atom is 0.322 e. The van der Waals surface area contributed by atoms with Gasteiger partial charge in [0.25, 0.3) is 11.6 Å². The Kier molecular flexibility index (Phi) is 6.05. The fourth-order valence-corrected chi connectivity index (χ4v) is 3.28. The van der Waals surface area contributed by atoms with Crippen molar-refractivity contribution in [3.8, 4) is 0 Å². The molecular weight excluding hydrogens is 380 g/mol. The first-order valence-corrected chi connectivity index (χ1v) is 9.42. The molecule has 0 aliphatic rings. The molecule has 28 heavy (non-hydrogen) atoms. The Hall–Kier alpha value is -3.20. The number of hydrogen-bond donors (Lipinski definition) is 1. The zero-order valence-corrected chi connectivity index (χ0v) is 16.1. The minimum atomic E-state index is -0.563. The molecule has 0 atom stereocenters. The molecule has 1 N–H and O–H groups in total. The van der Waals surface area contributed by atoms with Crippen LogP contribution in [-0.4, -0.2) is 26.3 Å². The van der Waals surface area contributed by atoms with Crippen LogP contribution in [0, 0.1) is 10.1 Å². The van der Waals surface area contributed by atoms with E-state index in [1.165, 1.54) is 29.2 Å². The highest BCUT2D eigenvalue weighted by Crippen LogP contribution is 2.23. The lowest BCUT2D eigenvalue weighted by atomic mass is 10.1. The van der Waals surface area contributed by atoms with Gasteiger partial charge in [-0.1, -0.05) is 37.1 Å². The van der Waals surface area contributed by atoms with Crippen LogP contribution in [0.1, 0.15) is 35.7 Å². The highest BCUT2D eigenvalue weighted by atomic mass is 32.2. The maximum atomic E-state index is 12.2. The van der Waals surface area contributed by atoms with Crippen molar-refractivity contribution in [3.05, 3.63) is 75.7 Å². The molecule has 8 nitrogen and oxygen atoms in total. The number of nitrogens with one attached hydrogen (secondary N) is 1. The van der Waals surface area contributed by atoms with Gasteiger partial charge < -0.3 is 4.42 Å². The van der Waals surface area contributed by atoms with Crippen LogP contribution in [-0.2, 0) is 6.42 Å². The lowest BCUT2D eigenvalue weighted by Crippen LogP contribution is -2.12. The van der Waals surface area contributed by atoms with E-state index >= 15 is 0 Å². The van der Waals surface area contributed by atoms with Gasteiger partial charge in [0.15, 0.2) is 0 Å². The third-order valence-corrected chi connectivity index (χ3v) is 4.67. The number of nitro groups is 1. The first-order valence-electron chi connectivity index (χ1n) is 8.54. The summed E-state index contributed by atoms with van der Waals surface area (Å²) in [5.41, 5.74) is 0.971. The van der Waals surface area contributed by atoms with Gasteiger partial charge >= 0.3 is 6.01 Å². The molecule has 0 unspecified atom stereocenters. The molecule has 0 spiro atoms. The van der Waals surface area contributed by atoms with E-state index in [1.54, 1.807) is 11.8 Å². The Labute approximate surface area is 165 Å². The summed E-state index contributed by atoms with van der Waals surface area (Å²) in [6.45, 7) is 4.28. The van der Waals surface area contributed by atoms with E-state index in [-0.39, 0.29) is 17.3 Å². The summed E-state index contributed by atoms with van der Waals surface area (Å²) in [6.07, 6.45) is 0.437. The molecule has 9 heteroatoms. The number of benzene rings is 2. The summed E-state index contributed by atoms with van der Waals surface area (Å²) < 4.78 is 5.46. The Morgan fingerprint density at radius 2 is 1.96 bits per heavy atom. The van der Waals surface area contributed by atoms with Gasteiger partial charge in [0.1, 0.15) is 0 Å². The first kappa shape index (κ1) is 19.6. The Bertz CT molecular complexity index is 986. The molecule has 1 amide bonds. The van der Waals surface area contributed by atoms with Crippen LogP contribution >= 0.6 is 11.8 Å². The number of carbonyl (C=O) groups is 1. The van der Waals surface area contributed by atoms with Crippen LogP contribution < -0.4 is 5.32 Å². The molecule has 144 valence electrons. The van der Waals surface area contributed by atoms with Crippen LogP contribution in [0.25, 0.3) is 0 Å². The number of non-ortho nitro benzene ring substituents is 1. The molecule has 0 saturated heterocycles. The standard InChI is InChI=1S/C19H18N4O4S/c1-12(2)28-16-8-6-13(7-9-16)10-17-21-22-19(27-17)20-18(24)14-4-3-5-15(11-14)23(25)26/h3-9,11-12H,10H2,1-2H3,(H,20,22,24). The zero-order valence-electron chi connectivity index (χ0n) is 15.3. The number of anilines is 1. The minimum Gasteiger partial charge on any atom is -0.407 e. The quantitative estimate of drug-likeness (QED) is 0.358. The summed E-state index contributed by atoms with van der Waals surface area (Å²) in [5.74, 6) is -0.201. The summed E-state index contributed by atoms with van der Waals surface area (Å²) >= 11 is 1.78. The summed E-state index contributed by atoms with van der Waals surface area (Å²) in [5, 5.41) is 21.5. The third kappa shape index (κ3) is 5.17. The molecule has 0 aliphatic heterocycles. The van der Waals surface area contributed by atoms with E-state index in [9.17, 15) is 14.9 Å². The molecule has 2 aromatic carbocycles. The lowest BCUT2D eigenvalue weighted by molar-refractivity contribution is -0.384. The number of hydrogen-bond acceptors (Lipinski definition) is 7. The van der Waals surface area contributed by atoms with Gasteiger partial charge in [0.2, 0.25) is 5.89 Å². The molecule has 3 aromatic rings. The number of thioether (sulfide) groups is 1. The van der Waals surface area contributed by atoms with Gasteiger partial charge in [-0.2, -0.15) is 0 Å². The van der Waals surface area contributed by atoms with Crippen LogP contribution in [0.5, 0.6) is 0 Å². The number of aromatic nitrogens is 2. The van der Waals surface area contributed by atoms with Crippen molar-refractivity contribution in [2.75, 3.05) is 5.32 Å². The normalized spacial score (nSPS) is 10.8. The fourth-order valence-electron chi connectivity index (χ4n) is 2.44. The number of carbonyl (C=O) groups excluding carboxylic acids is 1. The molecule has 0 fully saturated rings. The summed E-state index contributed by atoms with van der Waals surface area (Å²) in [7, 11) is 0. The summed E-state index contributed by atoms with van der Waals surface area (Å²) in [6, 6.07) is 13.4. The minimum absolute atomic E-state index is 0.0570. The Morgan fingerprint density at radius 1 is 1.21 bits per heavy atom. The smallest absolute Gasteiger partial charge is 0.322 e. The molecule has 1 heterocycles. The predicted octanol–water partition coefficient (Wildman–Crippen LogP) is 4.32. The van der Waals surface area contributed by atoms with Crippen molar-refractivity contribution in [1.29, 1.82) is 0 Å². The number of nitrogens with zero attached hydrogens (tertiary/aromatic N) is 3. The second-order valence-corrected chi connectivity index (χ2v) is 7.90. The van der Waals surface area contributed by atoms with Gasteiger partial charge in [-0.05, 0) is 23.8 Å². The van der Waals surface area contributed by atoms with E-state index in [0.717, 1.165) is 5.56 Å². The average molecular weight is 398 g/mol. The SMILES string of the molecule is CC(C)Sc1ccc(Cc2nnc(NC(=O)c3cccc([N+](=O)[O-])c3)o2)cc1. The van der Waals surface area contributed by atoms with Crippen molar-refractivity contribution in [2.45, 2.75) is 30.4 Å². The number of nitro benzene ring substituents is 1. The Balaban J connectivity index is 1.63. The first-order chi connectivity index (χ1) is 13.4. The van der Waals surface area contributed by atoms with Crippen molar-refractivity contribution < 1.29 is 14.1 Å². The fraction of sp³-hybridized carbons (Fsp3) is 0.211. The van der Waals surface area contributed by atoms with Crippen LogP contribution in [0.3, 0.4) is 0 Å². The van der Waals surface area contributed by atoms with E-state index < -0.39 is 10.8 Å². The van der Waals surface area contributed by atoms with Crippen molar-refractivity contribution >= 4 is 29.4 Å². The van der Waals surface area contributed by atoms with Crippen molar-refractivity contribution in [2.24, 2.45) is 0 Å². The summed E-state index contributed by atoms with van der Waals surface area (Å²) in [4.78, 5) is 23.7. The number of amides is 1. The lowest BCUT2D eigenvalue weighted by Gasteiger charge is -2.05. The third-order valence-electron chi connectivity index (χ3n) is 3.66. The Morgan fingerprint density at radius 3 is 2.64 bits per heavy atom. The van der Waals surface area contributed by atoms with Crippen LogP contribution in [0.15, 0.2) is 57.8 Å². The van der Waals surface area contributed by atoms with Gasteiger partial charge in [-0.3, -0.25) is 20.2 Å². The van der Waals surface area contributed by atoms with E-state index in [2.05, 4.69) is 29.4 Å².